The number of aromatic hydroxyl groups is 1. The molecule has 0 spiro atoms. The number of fused-ring (bicyclic) bond motifs is 4. The lowest BCUT2D eigenvalue weighted by atomic mass is 9.98. The highest BCUT2D eigenvalue weighted by molar-refractivity contribution is 5.93. The second-order valence-corrected chi connectivity index (χ2v) is 9.75. The molecule has 8 nitrogen and oxygen atoms in total. The number of rotatable bonds is 5. The van der Waals surface area contributed by atoms with Gasteiger partial charge in [-0.2, -0.15) is 0 Å². The quantitative estimate of drug-likeness (QED) is 0.535. The molecule has 1 unspecified atom stereocenters. The number of ketones is 1. The van der Waals surface area contributed by atoms with Gasteiger partial charge in [-0.25, -0.2) is 4.79 Å². The molecule has 0 bridgehead atoms. The van der Waals surface area contributed by atoms with Crippen LogP contribution in [0.15, 0.2) is 23.0 Å². The van der Waals surface area contributed by atoms with Crippen LogP contribution in [0.5, 0.6) is 5.75 Å². The third-order valence-corrected chi connectivity index (χ3v) is 7.34. The first-order valence-corrected chi connectivity index (χ1v) is 11.8. The van der Waals surface area contributed by atoms with Gasteiger partial charge in [-0.05, 0) is 68.8 Å². The second kappa shape index (κ2) is 8.43. The number of aromatic nitrogens is 2. The van der Waals surface area contributed by atoms with Gasteiger partial charge in [-0.1, -0.05) is 0 Å². The Morgan fingerprint density at radius 1 is 1.21 bits per heavy atom. The first-order valence-electron chi connectivity index (χ1n) is 11.8. The van der Waals surface area contributed by atoms with Crippen molar-refractivity contribution in [3.63, 3.8) is 0 Å². The largest absolute Gasteiger partial charge is 0.506 e. The molecule has 34 heavy (non-hydrogen) atoms. The third kappa shape index (κ3) is 3.81. The number of pyridine rings is 1. The van der Waals surface area contributed by atoms with Crippen LogP contribution in [0.25, 0.3) is 22.2 Å². The van der Waals surface area contributed by atoms with Crippen LogP contribution in [0.4, 0.5) is 0 Å². The maximum absolute atomic E-state index is 12.5. The predicted molar refractivity (Wildman–Crippen MR) is 128 cm³/mol. The van der Waals surface area contributed by atoms with E-state index >= 15 is 0 Å². The highest BCUT2D eigenvalue weighted by Gasteiger charge is 2.27. The number of Topliss-reactive ketones (excluding diaryl/α,β-unsaturated/α-hetero) is 1. The van der Waals surface area contributed by atoms with Crippen LogP contribution >= 0.6 is 0 Å². The number of carboxylic acid groups (broad SMARTS) is 1. The molecule has 1 aliphatic heterocycles. The van der Waals surface area contributed by atoms with Gasteiger partial charge in [0.15, 0.2) is 5.56 Å². The molecule has 3 heterocycles. The van der Waals surface area contributed by atoms with Crippen molar-refractivity contribution in [2.75, 3.05) is 13.1 Å². The number of nitrogens with zero attached hydrogens (tertiary/aromatic N) is 2. The van der Waals surface area contributed by atoms with Crippen molar-refractivity contribution in [3.05, 3.63) is 50.9 Å². The van der Waals surface area contributed by atoms with Crippen LogP contribution in [0, 0.1) is 5.92 Å². The summed E-state index contributed by atoms with van der Waals surface area (Å²) in [6.45, 7) is 4.37. The smallest absolute Gasteiger partial charge is 0.345 e. The van der Waals surface area contributed by atoms with E-state index in [2.05, 4.69) is 33.6 Å². The summed E-state index contributed by atoms with van der Waals surface area (Å²) in [7, 11) is 2.06. The van der Waals surface area contributed by atoms with Crippen LogP contribution in [-0.2, 0) is 31.2 Å². The van der Waals surface area contributed by atoms with Gasteiger partial charge in [-0.15, -0.1) is 0 Å². The second-order valence-electron chi connectivity index (χ2n) is 9.75. The standard InChI is InChI=1S/C26H29N3O5/c1-14(30)8-15-6-7-29(12-15)13-18-9-17-10-20-16(11-21(17)28(18)2)4-3-5-19-23(20)27-25(32)22(24(19)31)26(33)34/h9-11,15H,3-8,12-13H2,1-2H3,(H,33,34)(H2,27,31,32). The Kier molecular flexibility index (Phi) is 5.56. The van der Waals surface area contributed by atoms with Crippen molar-refractivity contribution in [1.82, 2.24) is 14.5 Å². The Bertz CT molecular complexity index is 1380. The Hall–Kier alpha value is -3.39. The fourth-order valence-corrected chi connectivity index (χ4v) is 5.69. The molecule has 0 radical (unpaired) electrons. The van der Waals surface area contributed by atoms with Gasteiger partial charge < -0.3 is 24.6 Å². The lowest BCUT2D eigenvalue weighted by molar-refractivity contribution is -0.117. The highest BCUT2D eigenvalue weighted by Crippen LogP contribution is 2.38. The maximum Gasteiger partial charge on any atom is 0.345 e. The average Bonchev–Trinajstić information content (AvgIpc) is 3.26. The molecule has 5 rings (SSSR count). The van der Waals surface area contributed by atoms with Crippen molar-refractivity contribution in [2.24, 2.45) is 13.0 Å². The molecule has 2 aliphatic rings. The van der Waals surface area contributed by atoms with Crippen LogP contribution in [0.2, 0.25) is 0 Å². The van der Waals surface area contributed by atoms with Crippen LogP contribution in [0.3, 0.4) is 0 Å². The molecule has 0 amide bonds. The van der Waals surface area contributed by atoms with Gasteiger partial charge in [-0.3, -0.25) is 9.69 Å². The van der Waals surface area contributed by atoms with E-state index in [1.807, 2.05) is 6.07 Å². The summed E-state index contributed by atoms with van der Waals surface area (Å²) in [6, 6.07) is 6.34. The molecule has 1 aliphatic carbocycles. The van der Waals surface area contributed by atoms with Gasteiger partial charge in [0, 0.05) is 54.3 Å². The molecule has 1 atom stereocenters. The molecule has 1 fully saturated rings. The third-order valence-electron chi connectivity index (χ3n) is 7.34. The normalized spacial score (nSPS) is 18.0. The average molecular weight is 464 g/mol. The van der Waals surface area contributed by atoms with Crippen molar-refractivity contribution < 1.29 is 19.8 Å². The van der Waals surface area contributed by atoms with Gasteiger partial charge in [0.25, 0.3) is 5.56 Å². The number of benzene rings is 1. The van der Waals surface area contributed by atoms with E-state index in [0.717, 1.165) is 60.9 Å². The molecule has 8 heteroatoms. The van der Waals surface area contributed by atoms with E-state index < -0.39 is 22.8 Å². The molecular weight excluding hydrogens is 434 g/mol. The maximum atomic E-state index is 12.5. The summed E-state index contributed by atoms with van der Waals surface area (Å²) in [4.78, 5) is 40.6. The minimum atomic E-state index is -1.43. The number of hydrogen-bond acceptors (Lipinski definition) is 5. The van der Waals surface area contributed by atoms with E-state index in [-0.39, 0.29) is 5.78 Å². The SMILES string of the molecule is CC(=O)CC1CCN(Cc2cc3cc4c(cc3n2C)CCCc2c-4[nH]c(=O)c(C(=O)O)c2O)C1. The van der Waals surface area contributed by atoms with Gasteiger partial charge in [0.2, 0.25) is 0 Å². The number of aryl methyl sites for hydroxylation is 2. The molecule has 1 saturated heterocycles. The van der Waals surface area contributed by atoms with Crippen molar-refractivity contribution in [2.45, 2.75) is 45.6 Å². The van der Waals surface area contributed by atoms with Crippen molar-refractivity contribution in [1.29, 1.82) is 0 Å². The zero-order valence-corrected chi connectivity index (χ0v) is 19.5. The molecule has 3 aromatic rings. The Labute approximate surface area is 196 Å². The molecule has 2 aromatic heterocycles. The molecular formula is C26H29N3O5. The number of likely N-dealkylation sites (tertiary alicyclic amines) is 1. The van der Waals surface area contributed by atoms with Crippen molar-refractivity contribution >= 4 is 22.7 Å². The number of carbonyl (C=O) groups is 2. The summed E-state index contributed by atoms with van der Waals surface area (Å²) in [6.07, 6.45) is 3.69. The molecule has 0 saturated carbocycles. The first-order chi connectivity index (χ1) is 16.2. The number of carbonyl (C=O) groups excluding carboxylic acids is 1. The number of nitrogens with one attached hydrogen (secondary N) is 1. The van der Waals surface area contributed by atoms with Crippen molar-refractivity contribution in [3.8, 4) is 17.0 Å². The van der Waals surface area contributed by atoms with Crippen LogP contribution in [0.1, 0.15) is 53.4 Å². The predicted octanol–water partition coefficient (Wildman–Crippen LogP) is 3.23. The number of aromatic carboxylic acids is 1. The monoisotopic (exact) mass is 463 g/mol. The fraction of sp³-hybridized carbons (Fsp3) is 0.423. The Balaban J connectivity index is 1.53. The van der Waals surface area contributed by atoms with E-state index in [9.17, 15) is 24.6 Å². The summed E-state index contributed by atoms with van der Waals surface area (Å²) < 4.78 is 2.20. The summed E-state index contributed by atoms with van der Waals surface area (Å²) in [5.41, 5.74) is 3.79. The Morgan fingerprint density at radius 2 is 2.00 bits per heavy atom. The lowest BCUT2D eigenvalue weighted by Gasteiger charge is -2.16. The minimum Gasteiger partial charge on any atom is -0.506 e. The van der Waals surface area contributed by atoms with Gasteiger partial charge in [0.05, 0.1) is 5.69 Å². The van der Waals surface area contributed by atoms with E-state index in [0.29, 0.717) is 30.0 Å². The zero-order chi connectivity index (χ0) is 24.1. The summed E-state index contributed by atoms with van der Waals surface area (Å²) in [5, 5.41) is 21.0. The molecule has 3 N–H and O–H groups in total. The van der Waals surface area contributed by atoms with E-state index in [1.165, 1.54) is 5.69 Å². The first kappa shape index (κ1) is 22.4. The van der Waals surface area contributed by atoms with Gasteiger partial charge in [0.1, 0.15) is 11.5 Å². The summed E-state index contributed by atoms with van der Waals surface area (Å²) >= 11 is 0. The molecule has 178 valence electrons. The highest BCUT2D eigenvalue weighted by atomic mass is 16.4. The van der Waals surface area contributed by atoms with E-state index in [1.54, 1.807) is 6.92 Å². The Morgan fingerprint density at radius 3 is 2.74 bits per heavy atom. The number of H-pyrrole nitrogens is 1. The van der Waals surface area contributed by atoms with Gasteiger partial charge >= 0.3 is 5.97 Å². The lowest BCUT2D eigenvalue weighted by Crippen LogP contribution is -2.22. The number of aromatic amines is 1. The fourth-order valence-electron chi connectivity index (χ4n) is 5.69. The number of hydrogen-bond donors (Lipinski definition) is 3. The number of carboxylic acids is 1. The minimum absolute atomic E-state index is 0.248. The topological polar surface area (TPSA) is 116 Å². The summed E-state index contributed by atoms with van der Waals surface area (Å²) in [5.74, 6) is -1.18. The molecule has 1 aromatic carbocycles. The van der Waals surface area contributed by atoms with Crippen LogP contribution < -0.4 is 5.56 Å². The zero-order valence-electron chi connectivity index (χ0n) is 19.5. The van der Waals surface area contributed by atoms with Crippen LogP contribution in [-0.4, -0.2) is 49.5 Å². The van der Waals surface area contributed by atoms with E-state index in [4.69, 9.17) is 0 Å².